The molecule has 0 amide bonds. The van der Waals surface area contributed by atoms with Gasteiger partial charge in [-0.1, -0.05) is 23.7 Å². The molecule has 84 valence electrons. The van der Waals surface area contributed by atoms with Gasteiger partial charge in [-0.05, 0) is 37.7 Å². The number of nitrogens with one attached hydrogen (secondary N) is 1. The molecule has 0 aliphatic rings. The van der Waals surface area contributed by atoms with Gasteiger partial charge in [-0.3, -0.25) is 0 Å². The minimum atomic E-state index is 0.248. The molecule has 1 aromatic heterocycles. The van der Waals surface area contributed by atoms with Gasteiger partial charge in [-0.2, -0.15) is 0 Å². The number of furan rings is 1. The van der Waals surface area contributed by atoms with Gasteiger partial charge in [0.2, 0.25) is 0 Å². The van der Waals surface area contributed by atoms with Crippen LogP contribution in [0, 0.1) is 0 Å². The maximum absolute atomic E-state index is 6.24. The van der Waals surface area contributed by atoms with Crippen molar-refractivity contribution in [3.63, 3.8) is 0 Å². The Hall–Kier alpha value is -1.25. The van der Waals surface area contributed by atoms with E-state index in [0.717, 1.165) is 21.9 Å². The van der Waals surface area contributed by atoms with Crippen molar-refractivity contribution in [3.05, 3.63) is 47.2 Å². The van der Waals surface area contributed by atoms with Gasteiger partial charge in [-0.15, -0.1) is 0 Å². The molecule has 3 heteroatoms. The summed E-state index contributed by atoms with van der Waals surface area (Å²) in [7, 11) is 1.92. The van der Waals surface area contributed by atoms with Crippen LogP contribution in [0.4, 0.5) is 0 Å². The summed E-state index contributed by atoms with van der Waals surface area (Å²) in [5.41, 5.74) is 2.10. The highest BCUT2D eigenvalue weighted by atomic mass is 35.5. The Balaban J connectivity index is 2.37. The fourth-order valence-corrected chi connectivity index (χ4v) is 1.97. The molecule has 1 heterocycles. The smallest absolute Gasteiger partial charge is 0.133 e. The molecule has 0 bridgehead atoms. The third-order valence-corrected chi connectivity index (χ3v) is 3.03. The summed E-state index contributed by atoms with van der Waals surface area (Å²) in [5, 5.41) is 3.93. The Morgan fingerprint density at radius 1 is 1.31 bits per heavy atom. The second kappa shape index (κ2) is 4.73. The second-order valence-electron chi connectivity index (χ2n) is 3.72. The van der Waals surface area contributed by atoms with E-state index < -0.39 is 0 Å². The molecule has 0 radical (unpaired) electrons. The van der Waals surface area contributed by atoms with E-state index in [1.54, 1.807) is 6.26 Å². The van der Waals surface area contributed by atoms with E-state index in [0.29, 0.717) is 0 Å². The molecular formula is C13H14ClNO. The number of hydrogen-bond donors (Lipinski definition) is 1. The van der Waals surface area contributed by atoms with Crippen LogP contribution in [0.5, 0.6) is 0 Å². The molecule has 0 saturated carbocycles. The topological polar surface area (TPSA) is 25.2 Å². The highest BCUT2D eigenvalue weighted by Gasteiger charge is 2.09. The second-order valence-corrected chi connectivity index (χ2v) is 4.13. The lowest BCUT2D eigenvalue weighted by Crippen LogP contribution is -2.12. The molecule has 0 spiro atoms. The molecule has 0 aliphatic heterocycles. The van der Waals surface area contributed by atoms with E-state index in [1.165, 1.54) is 0 Å². The van der Waals surface area contributed by atoms with Crippen molar-refractivity contribution in [3.8, 4) is 11.3 Å². The van der Waals surface area contributed by atoms with Crippen LogP contribution in [-0.2, 0) is 0 Å². The summed E-state index contributed by atoms with van der Waals surface area (Å²) in [5.74, 6) is 0.838. The van der Waals surface area contributed by atoms with Crippen molar-refractivity contribution in [1.29, 1.82) is 0 Å². The molecule has 0 fully saturated rings. The van der Waals surface area contributed by atoms with Crippen molar-refractivity contribution in [2.45, 2.75) is 13.0 Å². The van der Waals surface area contributed by atoms with Gasteiger partial charge >= 0.3 is 0 Å². The lowest BCUT2D eigenvalue weighted by atomic mass is 10.0. The SMILES string of the molecule is CNC(C)c1ccc(-c2ccco2)cc1Cl. The number of benzene rings is 1. The van der Waals surface area contributed by atoms with Crippen molar-refractivity contribution in [1.82, 2.24) is 5.32 Å². The molecule has 16 heavy (non-hydrogen) atoms. The predicted molar refractivity (Wildman–Crippen MR) is 66.6 cm³/mol. The van der Waals surface area contributed by atoms with Gasteiger partial charge in [-0.25, -0.2) is 0 Å². The standard InChI is InChI=1S/C13H14ClNO/c1-9(15-2)11-6-5-10(8-12(11)14)13-4-3-7-16-13/h3-9,15H,1-2H3. The van der Waals surface area contributed by atoms with Crippen LogP contribution in [0.15, 0.2) is 41.0 Å². The first-order valence-electron chi connectivity index (χ1n) is 5.23. The third-order valence-electron chi connectivity index (χ3n) is 2.71. The first-order chi connectivity index (χ1) is 7.72. The first-order valence-corrected chi connectivity index (χ1v) is 5.60. The summed E-state index contributed by atoms with van der Waals surface area (Å²) >= 11 is 6.24. The average Bonchev–Trinajstić information content (AvgIpc) is 2.81. The maximum atomic E-state index is 6.24. The summed E-state index contributed by atoms with van der Waals surface area (Å²) in [4.78, 5) is 0. The van der Waals surface area contributed by atoms with Crippen LogP contribution in [-0.4, -0.2) is 7.05 Å². The van der Waals surface area contributed by atoms with Crippen LogP contribution in [0.3, 0.4) is 0 Å². The van der Waals surface area contributed by atoms with E-state index in [4.69, 9.17) is 16.0 Å². The fraction of sp³-hybridized carbons (Fsp3) is 0.231. The Kier molecular flexibility index (Phi) is 3.32. The van der Waals surface area contributed by atoms with Gasteiger partial charge in [0.05, 0.1) is 6.26 Å². The van der Waals surface area contributed by atoms with Crippen LogP contribution in [0.1, 0.15) is 18.5 Å². The van der Waals surface area contributed by atoms with E-state index in [9.17, 15) is 0 Å². The zero-order chi connectivity index (χ0) is 11.5. The zero-order valence-corrected chi connectivity index (χ0v) is 10.1. The molecule has 1 N–H and O–H groups in total. The minimum Gasteiger partial charge on any atom is -0.464 e. The summed E-state index contributed by atoms with van der Waals surface area (Å²) in [6.07, 6.45) is 1.66. The van der Waals surface area contributed by atoms with Gasteiger partial charge in [0.1, 0.15) is 5.76 Å². The summed E-state index contributed by atoms with van der Waals surface area (Å²) < 4.78 is 5.33. The number of hydrogen-bond acceptors (Lipinski definition) is 2. The normalized spacial score (nSPS) is 12.7. The quantitative estimate of drug-likeness (QED) is 0.874. The lowest BCUT2D eigenvalue weighted by molar-refractivity contribution is 0.582. The highest BCUT2D eigenvalue weighted by molar-refractivity contribution is 6.31. The van der Waals surface area contributed by atoms with Crippen LogP contribution in [0.2, 0.25) is 5.02 Å². The number of halogens is 1. The molecule has 1 unspecified atom stereocenters. The Morgan fingerprint density at radius 2 is 2.12 bits per heavy atom. The van der Waals surface area contributed by atoms with Crippen LogP contribution >= 0.6 is 11.6 Å². The molecule has 2 aromatic rings. The Morgan fingerprint density at radius 3 is 2.69 bits per heavy atom. The molecule has 0 saturated heterocycles. The molecule has 2 rings (SSSR count). The fourth-order valence-electron chi connectivity index (χ4n) is 1.63. The van der Waals surface area contributed by atoms with E-state index in [2.05, 4.69) is 12.2 Å². The molecule has 0 aliphatic carbocycles. The van der Waals surface area contributed by atoms with Gasteiger partial charge in [0, 0.05) is 16.6 Å². The van der Waals surface area contributed by atoms with Crippen LogP contribution < -0.4 is 5.32 Å². The highest BCUT2D eigenvalue weighted by Crippen LogP contribution is 2.28. The van der Waals surface area contributed by atoms with Crippen molar-refractivity contribution in [2.24, 2.45) is 0 Å². The van der Waals surface area contributed by atoms with Crippen molar-refractivity contribution >= 4 is 11.6 Å². The van der Waals surface area contributed by atoms with Crippen LogP contribution in [0.25, 0.3) is 11.3 Å². The molecule has 2 nitrogen and oxygen atoms in total. The minimum absolute atomic E-state index is 0.248. The molecule has 1 atom stereocenters. The Bertz CT molecular complexity index is 465. The van der Waals surface area contributed by atoms with E-state index in [1.807, 2.05) is 37.4 Å². The average molecular weight is 236 g/mol. The molecular weight excluding hydrogens is 222 g/mol. The Labute approximate surface area is 100 Å². The molecule has 1 aromatic carbocycles. The predicted octanol–water partition coefficient (Wildman–Crippen LogP) is 3.88. The zero-order valence-electron chi connectivity index (χ0n) is 9.33. The monoisotopic (exact) mass is 235 g/mol. The van der Waals surface area contributed by atoms with Gasteiger partial charge in [0.25, 0.3) is 0 Å². The third kappa shape index (κ3) is 2.13. The van der Waals surface area contributed by atoms with Crippen molar-refractivity contribution < 1.29 is 4.42 Å². The summed E-state index contributed by atoms with van der Waals surface area (Å²) in [6.45, 7) is 2.08. The maximum Gasteiger partial charge on any atom is 0.133 e. The summed E-state index contributed by atoms with van der Waals surface area (Å²) in [6, 6.07) is 10.0. The lowest BCUT2D eigenvalue weighted by Gasteiger charge is -2.13. The van der Waals surface area contributed by atoms with E-state index >= 15 is 0 Å². The van der Waals surface area contributed by atoms with Gasteiger partial charge in [0.15, 0.2) is 0 Å². The first kappa shape index (κ1) is 11.2. The number of rotatable bonds is 3. The van der Waals surface area contributed by atoms with E-state index in [-0.39, 0.29) is 6.04 Å². The van der Waals surface area contributed by atoms with Crippen molar-refractivity contribution in [2.75, 3.05) is 7.05 Å². The van der Waals surface area contributed by atoms with Gasteiger partial charge < -0.3 is 9.73 Å². The largest absolute Gasteiger partial charge is 0.464 e.